The molecule has 0 aliphatic carbocycles. The normalized spacial score (nSPS) is 12.2. The van der Waals surface area contributed by atoms with E-state index in [0.717, 1.165) is 23.8 Å². The van der Waals surface area contributed by atoms with Crippen LogP contribution in [0.1, 0.15) is 5.56 Å². The number of nitrogens with zero attached hydrogens (tertiary/aromatic N) is 1. The molecule has 14 heteroatoms. The molecular weight excluding hydrogens is 591 g/mol. The zero-order valence-corrected chi connectivity index (χ0v) is 23.0. The summed E-state index contributed by atoms with van der Waals surface area (Å²) in [7, 11) is -8.17. The van der Waals surface area contributed by atoms with Crippen molar-refractivity contribution in [2.45, 2.75) is 11.1 Å². The minimum atomic E-state index is -4.84. The summed E-state index contributed by atoms with van der Waals surface area (Å²) in [4.78, 5) is 12.5. The number of sulfonamides is 2. The topological polar surface area (TPSA) is 113 Å². The van der Waals surface area contributed by atoms with Crippen molar-refractivity contribution in [1.82, 2.24) is 0 Å². The number of carbonyl (C=O) groups is 1. The predicted molar refractivity (Wildman–Crippen MR) is 148 cm³/mol. The molecule has 4 aromatic rings. The Morgan fingerprint density at radius 3 is 2.20 bits per heavy atom. The number of benzene rings is 4. The van der Waals surface area contributed by atoms with E-state index in [-0.39, 0.29) is 10.6 Å². The highest BCUT2D eigenvalue weighted by Crippen LogP contribution is 2.37. The van der Waals surface area contributed by atoms with E-state index in [4.69, 9.17) is 11.6 Å². The standard InChI is InChI=1S/C26H21ClF3N3O5S2/c1-39(35,36)33(19-11-14-23(27)22(15-19)26(28,29)30)16-25(34)31-18-9-12-20(13-10-18)40(37,38)32-24-8-4-6-17-5-2-3-7-21(17)24/h2-15,32H,16H2,1H3,(H,31,34). The molecule has 0 fully saturated rings. The minimum absolute atomic E-state index is 0.1000. The lowest BCUT2D eigenvalue weighted by molar-refractivity contribution is -0.137. The van der Waals surface area contributed by atoms with Crippen molar-refractivity contribution in [2.75, 3.05) is 27.1 Å². The summed E-state index contributed by atoms with van der Waals surface area (Å²) in [6.45, 7) is -0.847. The van der Waals surface area contributed by atoms with Crippen LogP contribution in [0.4, 0.5) is 30.2 Å². The molecule has 1 amide bonds. The van der Waals surface area contributed by atoms with Crippen LogP contribution in [-0.4, -0.2) is 35.5 Å². The van der Waals surface area contributed by atoms with Gasteiger partial charge >= 0.3 is 6.18 Å². The fourth-order valence-corrected chi connectivity index (χ4v) is 6.00. The summed E-state index contributed by atoms with van der Waals surface area (Å²) in [5.74, 6) is -0.876. The van der Waals surface area contributed by atoms with Gasteiger partial charge in [0.1, 0.15) is 6.54 Å². The summed E-state index contributed by atoms with van der Waals surface area (Å²) < 4.78 is 93.4. The van der Waals surface area contributed by atoms with E-state index in [1.807, 2.05) is 18.2 Å². The molecular formula is C26H21ClF3N3O5S2. The van der Waals surface area contributed by atoms with Gasteiger partial charge in [-0.3, -0.25) is 13.8 Å². The number of amides is 1. The van der Waals surface area contributed by atoms with Crippen molar-refractivity contribution in [1.29, 1.82) is 0 Å². The van der Waals surface area contributed by atoms with Crippen molar-refractivity contribution < 1.29 is 34.8 Å². The second-order valence-electron chi connectivity index (χ2n) is 8.64. The van der Waals surface area contributed by atoms with Crippen LogP contribution in [0.3, 0.4) is 0 Å². The summed E-state index contributed by atoms with van der Waals surface area (Å²) >= 11 is 5.61. The van der Waals surface area contributed by atoms with Crippen LogP contribution in [0.15, 0.2) is 89.8 Å². The number of anilines is 3. The van der Waals surface area contributed by atoms with Crippen LogP contribution in [-0.2, 0) is 31.0 Å². The van der Waals surface area contributed by atoms with Gasteiger partial charge in [0.2, 0.25) is 15.9 Å². The molecule has 4 aromatic carbocycles. The molecule has 0 saturated carbocycles. The van der Waals surface area contributed by atoms with E-state index in [1.54, 1.807) is 24.3 Å². The number of rotatable bonds is 8. The Morgan fingerprint density at radius 1 is 0.900 bits per heavy atom. The largest absolute Gasteiger partial charge is 0.417 e. The molecule has 0 atom stereocenters. The van der Waals surface area contributed by atoms with Crippen molar-refractivity contribution >= 4 is 65.4 Å². The van der Waals surface area contributed by atoms with Crippen molar-refractivity contribution in [2.24, 2.45) is 0 Å². The number of fused-ring (bicyclic) bond motifs is 1. The third kappa shape index (κ3) is 6.66. The molecule has 210 valence electrons. The number of carbonyl (C=O) groups excluding carboxylic acids is 1. The average Bonchev–Trinajstić information content (AvgIpc) is 2.87. The maximum atomic E-state index is 13.3. The molecule has 2 N–H and O–H groups in total. The second kappa shape index (κ2) is 11.0. The lowest BCUT2D eigenvalue weighted by atomic mass is 10.1. The number of hydrogen-bond donors (Lipinski definition) is 2. The van der Waals surface area contributed by atoms with E-state index in [9.17, 15) is 34.8 Å². The zero-order chi connectivity index (χ0) is 29.3. The van der Waals surface area contributed by atoms with Gasteiger partial charge in [0.15, 0.2) is 0 Å². The van der Waals surface area contributed by atoms with Gasteiger partial charge in [-0.15, -0.1) is 0 Å². The van der Waals surface area contributed by atoms with Crippen LogP contribution in [0.5, 0.6) is 0 Å². The lowest BCUT2D eigenvalue weighted by Gasteiger charge is -2.23. The van der Waals surface area contributed by atoms with E-state index in [1.165, 1.54) is 24.3 Å². The quantitative estimate of drug-likeness (QED) is 0.265. The highest BCUT2D eigenvalue weighted by Gasteiger charge is 2.34. The first kappa shape index (κ1) is 29.2. The molecule has 0 aromatic heterocycles. The maximum absolute atomic E-state index is 13.3. The van der Waals surface area contributed by atoms with Gasteiger partial charge in [0.25, 0.3) is 10.0 Å². The molecule has 8 nitrogen and oxygen atoms in total. The molecule has 0 aliphatic rings. The Morgan fingerprint density at radius 2 is 1.55 bits per heavy atom. The summed E-state index contributed by atoms with van der Waals surface area (Å²) in [6, 6.07) is 20.0. The van der Waals surface area contributed by atoms with Crippen LogP contribution >= 0.6 is 11.6 Å². The fraction of sp³-hybridized carbons (Fsp3) is 0.115. The zero-order valence-electron chi connectivity index (χ0n) is 20.6. The molecule has 0 heterocycles. The minimum Gasteiger partial charge on any atom is -0.325 e. The first-order chi connectivity index (χ1) is 18.6. The molecule has 0 unspecified atom stereocenters. The monoisotopic (exact) mass is 611 g/mol. The van der Waals surface area contributed by atoms with Crippen LogP contribution in [0.25, 0.3) is 10.8 Å². The van der Waals surface area contributed by atoms with Gasteiger partial charge in [-0.1, -0.05) is 48.0 Å². The van der Waals surface area contributed by atoms with Gasteiger partial charge in [0, 0.05) is 11.1 Å². The molecule has 4 rings (SSSR count). The van der Waals surface area contributed by atoms with Crippen LogP contribution in [0.2, 0.25) is 5.02 Å². The van der Waals surface area contributed by atoms with E-state index < -0.39 is 54.9 Å². The van der Waals surface area contributed by atoms with Crippen molar-refractivity contribution in [3.05, 3.63) is 95.5 Å². The van der Waals surface area contributed by atoms with Gasteiger partial charge in [-0.25, -0.2) is 16.8 Å². The van der Waals surface area contributed by atoms with Crippen LogP contribution in [0, 0.1) is 0 Å². The van der Waals surface area contributed by atoms with E-state index in [2.05, 4.69) is 10.0 Å². The number of alkyl halides is 3. The summed E-state index contributed by atoms with van der Waals surface area (Å²) in [5.41, 5.74) is -1.15. The number of halogens is 4. The lowest BCUT2D eigenvalue weighted by Crippen LogP contribution is -2.37. The Bertz CT molecular complexity index is 1790. The van der Waals surface area contributed by atoms with Gasteiger partial charge in [-0.2, -0.15) is 13.2 Å². The molecule has 0 radical (unpaired) electrons. The second-order valence-corrected chi connectivity index (χ2v) is 12.6. The maximum Gasteiger partial charge on any atom is 0.417 e. The van der Waals surface area contributed by atoms with Gasteiger partial charge < -0.3 is 5.32 Å². The predicted octanol–water partition coefficient (Wildman–Crippen LogP) is 5.72. The Hall–Kier alpha value is -3.81. The molecule has 0 spiro atoms. The highest BCUT2D eigenvalue weighted by molar-refractivity contribution is 7.92. The van der Waals surface area contributed by atoms with E-state index in [0.29, 0.717) is 21.4 Å². The Balaban J connectivity index is 1.50. The van der Waals surface area contributed by atoms with Gasteiger partial charge in [0.05, 0.1) is 33.1 Å². The molecule has 40 heavy (non-hydrogen) atoms. The van der Waals surface area contributed by atoms with E-state index >= 15 is 0 Å². The third-order valence-electron chi connectivity index (χ3n) is 5.71. The number of nitrogens with one attached hydrogen (secondary N) is 2. The first-order valence-electron chi connectivity index (χ1n) is 11.4. The third-order valence-corrected chi connectivity index (χ3v) is 8.56. The number of hydrogen-bond acceptors (Lipinski definition) is 5. The molecule has 0 bridgehead atoms. The first-order valence-corrected chi connectivity index (χ1v) is 15.1. The van der Waals surface area contributed by atoms with Gasteiger partial charge in [-0.05, 0) is 53.9 Å². The Labute approximate surface area is 233 Å². The van der Waals surface area contributed by atoms with Crippen LogP contribution < -0.4 is 14.3 Å². The highest BCUT2D eigenvalue weighted by atomic mass is 35.5. The molecule has 0 aliphatic heterocycles. The summed E-state index contributed by atoms with van der Waals surface area (Å²) in [6.07, 6.45) is -4.10. The fourth-order valence-electron chi connectivity index (χ4n) is 3.85. The average molecular weight is 612 g/mol. The van der Waals surface area contributed by atoms with Crippen molar-refractivity contribution in [3.63, 3.8) is 0 Å². The Kier molecular flexibility index (Phi) is 8.01. The van der Waals surface area contributed by atoms with Crippen molar-refractivity contribution in [3.8, 4) is 0 Å². The summed E-state index contributed by atoms with van der Waals surface area (Å²) in [5, 5.41) is 3.34. The SMILES string of the molecule is CS(=O)(=O)N(CC(=O)Nc1ccc(S(=O)(=O)Nc2cccc3ccccc23)cc1)c1ccc(Cl)c(C(F)(F)F)c1. The smallest absolute Gasteiger partial charge is 0.325 e. The molecule has 0 saturated heterocycles.